The van der Waals surface area contributed by atoms with E-state index in [1.54, 1.807) is 36.4 Å². The van der Waals surface area contributed by atoms with Crippen molar-refractivity contribution < 1.29 is 14.1 Å². The molecule has 3 rings (SSSR count). The summed E-state index contributed by atoms with van der Waals surface area (Å²) >= 11 is 17.2. The molecule has 0 fully saturated rings. The summed E-state index contributed by atoms with van der Waals surface area (Å²) in [5.41, 5.74) is 0.640. The summed E-state index contributed by atoms with van der Waals surface area (Å²) in [4.78, 5) is 22.6. The van der Waals surface area contributed by atoms with Crippen LogP contribution in [0.5, 0.6) is 0 Å². The second-order valence-corrected chi connectivity index (χ2v) is 7.05. The molecular formula is C20H13Cl2N3O4S. The van der Waals surface area contributed by atoms with Crippen molar-refractivity contribution in [2.75, 3.05) is 5.32 Å². The SMILES string of the molecule is O=C(C=Cc1ccc(-c2cccc(Cl)c2Cl)o1)NC(=S)Nc1ccccc1[N+](=O)[O-]. The number of nitrogens with zero attached hydrogens (tertiary/aromatic N) is 1. The summed E-state index contributed by atoms with van der Waals surface area (Å²) in [5.74, 6) is 0.370. The molecule has 0 radical (unpaired) electrons. The van der Waals surface area contributed by atoms with Gasteiger partial charge in [0, 0.05) is 17.7 Å². The number of thiocarbonyl (C=S) groups is 1. The Bertz CT molecular complexity index is 1160. The second-order valence-electron chi connectivity index (χ2n) is 5.85. The Morgan fingerprint density at radius 2 is 1.87 bits per heavy atom. The first-order valence-corrected chi connectivity index (χ1v) is 9.59. The average molecular weight is 462 g/mol. The lowest BCUT2D eigenvalue weighted by Gasteiger charge is -2.08. The number of para-hydroxylation sites is 2. The number of nitro benzene ring substituents is 1. The molecule has 7 nitrogen and oxygen atoms in total. The minimum absolute atomic E-state index is 0.0789. The zero-order valence-electron chi connectivity index (χ0n) is 15.1. The number of benzene rings is 2. The zero-order chi connectivity index (χ0) is 21.7. The van der Waals surface area contributed by atoms with Crippen molar-refractivity contribution in [1.82, 2.24) is 5.32 Å². The largest absolute Gasteiger partial charge is 0.457 e. The van der Waals surface area contributed by atoms with Crippen molar-refractivity contribution in [1.29, 1.82) is 0 Å². The monoisotopic (exact) mass is 461 g/mol. The van der Waals surface area contributed by atoms with Crippen molar-refractivity contribution in [3.63, 3.8) is 0 Å². The number of nitrogens with one attached hydrogen (secondary N) is 2. The van der Waals surface area contributed by atoms with Gasteiger partial charge in [0.25, 0.3) is 5.69 Å². The first-order valence-electron chi connectivity index (χ1n) is 8.43. The third kappa shape index (κ3) is 5.24. The van der Waals surface area contributed by atoms with E-state index in [0.29, 0.717) is 27.1 Å². The highest BCUT2D eigenvalue weighted by atomic mass is 35.5. The van der Waals surface area contributed by atoms with Gasteiger partial charge in [-0.05, 0) is 48.6 Å². The molecule has 30 heavy (non-hydrogen) atoms. The number of hydrogen-bond donors (Lipinski definition) is 2. The first kappa shape index (κ1) is 21.5. The van der Waals surface area contributed by atoms with Gasteiger partial charge in [0.15, 0.2) is 5.11 Å². The van der Waals surface area contributed by atoms with Crippen LogP contribution in [0.4, 0.5) is 11.4 Å². The number of nitro groups is 1. The minimum atomic E-state index is -0.548. The third-order valence-corrected chi connectivity index (χ3v) is 4.85. The Balaban J connectivity index is 1.63. The average Bonchev–Trinajstić information content (AvgIpc) is 3.17. The number of carbonyl (C=O) groups excluding carboxylic acids is 1. The number of halogens is 2. The fraction of sp³-hybridized carbons (Fsp3) is 0. The van der Waals surface area contributed by atoms with Crippen LogP contribution in [0.25, 0.3) is 17.4 Å². The van der Waals surface area contributed by atoms with Gasteiger partial charge in [-0.2, -0.15) is 0 Å². The van der Waals surface area contributed by atoms with Crippen LogP contribution < -0.4 is 10.6 Å². The van der Waals surface area contributed by atoms with Gasteiger partial charge in [0.1, 0.15) is 17.2 Å². The van der Waals surface area contributed by atoms with Gasteiger partial charge >= 0.3 is 0 Å². The van der Waals surface area contributed by atoms with Crippen LogP contribution in [0.3, 0.4) is 0 Å². The standard InChI is InChI=1S/C20H13Cl2N3O4S/c21-14-5-3-4-13(19(14)22)17-10-8-12(29-17)9-11-18(26)24-20(30)23-15-6-1-2-7-16(15)25(27)28/h1-11H,(H2,23,24,26,30). The Morgan fingerprint density at radius 1 is 1.10 bits per heavy atom. The van der Waals surface area contributed by atoms with E-state index in [1.165, 1.54) is 30.4 Å². The lowest BCUT2D eigenvalue weighted by molar-refractivity contribution is -0.383. The molecule has 0 atom stereocenters. The van der Waals surface area contributed by atoms with Crippen LogP contribution in [0, 0.1) is 10.1 Å². The van der Waals surface area contributed by atoms with E-state index in [1.807, 2.05) is 0 Å². The Hall–Kier alpha value is -3.20. The molecule has 0 aliphatic carbocycles. The zero-order valence-corrected chi connectivity index (χ0v) is 17.4. The molecule has 1 heterocycles. The van der Waals surface area contributed by atoms with E-state index in [4.69, 9.17) is 39.8 Å². The summed E-state index contributed by atoms with van der Waals surface area (Å²) in [6, 6.07) is 14.5. The van der Waals surface area contributed by atoms with Gasteiger partial charge in [0.05, 0.1) is 15.0 Å². The molecule has 10 heteroatoms. The van der Waals surface area contributed by atoms with Gasteiger partial charge in [-0.25, -0.2) is 0 Å². The predicted octanol–water partition coefficient (Wildman–Crippen LogP) is 5.69. The summed E-state index contributed by atoms with van der Waals surface area (Å²) in [6.07, 6.45) is 2.67. The van der Waals surface area contributed by atoms with Crippen LogP contribution in [0.2, 0.25) is 10.0 Å². The predicted molar refractivity (Wildman–Crippen MR) is 121 cm³/mol. The summed E-state index contributed by atoms with van der Waals surface area (Å²) < 4.78 is 5.67. The normalized spacial score (nSPS) is 10.7. The topological polar surface area (TPSA) is 97.4 Å². The molecule has 0 spiro atoms. The molecule has 0 unspecified atom stereocenters. The van der Waals surface area contributed by atoms with Gasteiger partial charge in [-0.3, -0.25) is 20.2 Å². The Morgan fingerprint density at radius 3 is 2.63 bits per heavy atom. The van der Waals surface area contributed by atoms with Crippen molar-refractivity contribution in [2.24, 2.45) is 0 Å². The maximum atomic E-state index is 12.1. The maximum absolute atomic E-state index is 12.1. The van der Waals surface area contributed by atoms with Crippen LogP contribution in [-0.2, 0) is 4.79 Å². The number of carbonyl (C=O) groups is 1. The van der Waals surface area contributed by atoms with Crippen LogP contribution in [0.15, 0.2) is 65.1 Å². The lowest BCUT2D eigenvalue weighted by atomic mass is 10.2. The Labute approximate surface area is 186 Å². The summed E-state index contributed by atoms with van der Waals surface area (Å²) in [7, 11) is 0. The second kappa shape index (κ2) is 9.53. The highest BCUT2D eigenvalue weighted by Crippen LogP contribution is 2.34. The molecule has 0 saturated heterocycles. The van der Waals surface area contributed by atoms with Crippen molar-refractivity contribution in [3.8, 4) is 11.3 Å². The molecule has 3 aromatic rings. The van der Waals surface area contributed by atoms with Crippen molar-refractivity contribution in [3.05, 3.63) is 86.6 Å². The smallest absolute Gasteiger partial charge is 0.292 e. The number of hydrogen-bond acceptors (Lipinski definition) is 5. The molecule has 0 saturated carbocycles. The number of anilines is 1. The lowest BCUT2D eigenvalue weighted by Crippen LogP contribution is -2.33. The van der Waals surface area contributed by atoms with Gasteiger partial charge in [0.2, 0.25) is 5.91 Å². The van der Waals surface area contributed by atoms with E-state index in [0.717, 1.165) is 0 Å². The first-order chi connectivity index (χ1) is 14.3. The minimum Gasteiger partial charge on any atom is -0.457 e. The van der Waals surface area contributed by atoms with Crippen LogP contribution in [0.1, 0.15) is 5.76 Å². The van der Waals surface area contributed by atoms with Crippen LogP contribution >= 0.6 is 35.4 Å². The van der Waals surface area contributed by atoms with Crippen molar-refractivity contribution in [2.45, 2.75) is 0 Å². The van der Waals surface area contributed by atoms with Crippen LogP contribution in [-0.4, -0.2) is 15.9 Å². The van der Waals surface area contributed by atoms with Gasteiger partial charge in [-0.1, -0.05) is 41.4 Å². The van der Waals surface area contributed by atoms with E-state index in [2.05, 4.69) is 10.6 Å². The van der Waals surface area contributed by atoms with E-state index < -0.39 is 10.8 Å². The molecule has 1 amide bonds. The molecule has 2 aromatic carbocycles. The van der Waals surface area contributed by atoms with Gasteiger partial charge < -0.3 is 9.73 Å². The molecule has 152 valence electrons. The highest BCUT2D eigenvalue weighted by molar-refractivity contribution is 7.80. The van der Waals surface area contributed by atoms with Gasteiger partial charge in [-0.15, -0.1) is 0 Å². The molecular weight excluding hydrogens is 449 g/mol. The molecule has 0 bridgehead atoms. The summed E-state index contributed by atoms with van der Waals surface area (Å²) in [6.45, 7) is 0. The highest BCUT2D eigenvalue weighted by Gasteiger charge is 2.14. The maximum Gasteiger partial charge on any atom is 0.292 e. The number of furan rings is 1. The van der Waals surface area contributed by atoms with E-state index in [9.17, 15) is 14.9 Å². The van der Waals surface area contributed by atoms with E-state index in [-0.39, 0.29) is 16.5 Å². The van der Waals surface area contributed by atoms with E-state index >= 15 is 0 Å². The Kier molecular flexibility index (Phi) is 6.83. The molecule has 1 aromatic heterocycles. The quantitative estimate of drug-likeness (QED) is 0.219. The van der Waals surface area contributed by atoms with Crippen molar-refractivity contribution >= 4 is 63.9 Å². The summed E-state index contributed by atoms with van der Waals surface area (Å²) in [5, 5.41) is 16.8. The number of amides is 1. The fourth-order valence-electron chi connectivity index (χ4n) is 2.48. The molecule has 2 N–H and O–H groups in total. The third-order valence-electron chi connectivity index (χ3n) is 3.83. The molecule has 0 aliphatic heterocycles. The fourth-order valence-corrected chi connectivity index (χ4v) is 3.09. The molecule has 0 aliphatic rings. The number of rotatable bonds is 5.